The van der Waals surface area contributed by atoms with Gasteiger partial charge in [-0.1, -0.05) is 24.3 Å². The van der Waals surface area contributed by atoms with Crippen LogP contribution in [0.3, 0.4) is 0 Å². The third-order valence-electron chi connectivity index (χ3n) is 4.86. The molecule has 9 heteroatoms. The molecule has 0 atom stereocenters. The third-order valence-corrected chi connectivity index (χ3v) is 4.86. The van der Waals surface area contributed by atoms with Gasteiger partial charge in [-0.2, -0.15) is 0 Å². The first-order valence-electron chi connectivity index (χ1n) is 9.48. The van der Waals surface area contributed by atoms with Gasteiger partial charge in [0.25, 0.3) is 17.0 Å². The highest BCUT2D eigenvalue weighted by molar-refractivity contribution is 5.82. The Bertz CT molecular complexity index is 1390. The number of hydrogen-bond donors (Lipinski definition) is 2. The number of carbonyl (C=O) groups excluding carboxylic acids is 1. The first-order chi connectivity index (χ1) is 14.5. The van der Waals surface area contributed by atoms with Gasteiger partial charge in [0.15, 0.2) is 0 Å². The number of anilines is 1. The van der Waals surface area contributed by atoms with Crippen molar-refractivity contribution in [1.29, 1.82) is 0 Å². The number of hydrazine groups is 1. The molecule has 0 radical (unpaired) electrons. The smallest absolute Gasteiger partial charge is 0.262 e. The van der Waals surface area contributed by atoms with Crippen molar-refractivity contribution in [3.05, 3.63) is 75.1 Å². The Morgan fingerprint density at radius 2 is 1.80 bits per heavy atom. The Labute approximate surface area is 171 Å². The summed E-state index contributed by atoms with van der Waals surface area (Å²) in [5.74, 6) is -0.259. The maximum atomic E-state index is 12.6. The first-order valence-corrected chi connectivity index (χ1v) is 9.48. The van der Waals surface area contributed by atoms with Gasteiger partial charge < -0.3 is 0 Å². The Balaban J connectivity index is 1.56. The van der Waals surface area contributed by atoms with Crippen LogP contribution in [0.4, 0.5) is 5.95 Å². The Morgan fingerprint density at radius 1 is 1.03 bits per heavy atom. The molecule has 2 heterocycles. The zero-order chi connectivity index (χ0) is 21.3. The van der Waals surface area contributed by atoms with Gasteiger partial charge in [0, 0.05) is 6.54 Å². The van der Waals surface area contributed by atoms with Crippen LogP contribution in [0.1, 0.15) is 12.5 Å². The van der Waals surface area contributed by atoms with Crippen LogP contribution in [0.15, 0.2) is 58.4 Å². The monoisotopic (exact) mass is 404 g/mol. The molecular weight excluding hydrogens is 384 g/mol. The van der Waals surface area contributed by atoms with E-state index in [-0.39, 0.29) is 23.6 Å². The minimum absolute atomic E-state index is 0.204. The summed E-state index contributed by atoms with van der Waals surface area (Å²) in [5.41, 5.74) is 6.73. The zero-order valence-electron chi connectivity index (χ0n) is 16.5. The number of benzene rings is 2. The second-order valence-corrected chi connectivity index (χ2v) is 6.82. The summed E-state index contributed by atoms with van der Waals surface area (Å²) in [4.78, 5) is 46.4. The summed E-state index contributed by atoms with van der Waals surface area (Å²) >= 11 is 0. The molecule has 0 aliphatic heterocycles. The molecule has 2 N–H and O–H groups in total. The fraction of sp³-hybridized carbons (Fsp3) is 0.190. The number of rotatable bonds is 5. The number of fused-ring (bicyclic) bond motifs is 2. The second-order valence-electron chi connectivity index (χ2n) is 6.82. The van der Waals surface area contributed by atoms with Crippen LogP contribution < -0.4 is 22.0 Å². The molecule has 0 aliphatic carbocycles. The average molecular weight is 404 g/mol. The molecule has 152 valence electrons. The number of nitrogens with zero attached hydrogens (tertiary/aromatic N) is 4. The van der Waals surface area contributed by atoms with Crippen molar-refractivity contribution < 1.29 is 4.79 Å². The van der Waals surface area contributed by atoms with E-state index in [1.54, 1.807) is 36.4 Å². The lowest BCUT2D eigenvalue weighted by Gasteiger charge is -2.14. The summed E-state index contributed by atoms with van der Waals surface area (Å²) in [5, 5.41) is 0.953. The van der Waals surface area contributed by atoms with Gasteiger partial charge in [0.2, 0.25) is 5.95 Å². The van der Waals surface area contributed by atoms with Gasteiger partial charge >= 0.3 is 0 Å². The minimum atomic E-state index is -0.476. The van der Waals surface area contributed by atoms with Crippen LogP contribution in [0, 0.1) is 6.92 Å². The fourth-order valence-electron chi connectivity index (χ4n) is 3.33. The standard InChI is InChI=1S/C21H20N6O3/c1-3-27-20(30)14-8-4-5-10-16(14)23-21(27)25-24-17(28)11-26-12-22-18-13(2)7-6-9-15(18)19(26)29/h4-10,12H,3,11H2,1-2H3,(H,23,25)(H,24,28). The molecule has 0 saturated heterocycles. The van der Waals surface area contributed by atoms with Crippen molar-refractivity contribution in [2.45, 2.75) is 26.9 Å². The molecule has 9 nitrogen and oxygen atoms in total. The van der Waals surface area contributed by atoms with E-state index >= 15 is 0 Å². The minimum Gasteiger partial charge on any atom is -0.289 e. The second kappa shape index (κ2) is 7.78. The number of para-hydroxylation sites is 2. The van der Waals surface area contributed by atoms with Gasteiger partial charge in [-0.25, -0.2) is 9.97 Å². The molecule has 30 heavy (non-hydrogen) atoms. The number of amides is 1. The van der Waals surface area contributed by atoms with Gasteiger partial charge in [0.05, 0.1) is 28.1 Å². The summed E-state index contributed by atoms with van der Waals surface area (Å²) < 4.78 is 2.66. The van der Waals surface area contributed by atoms with E-state index in [0.717, 1.165) is 5.56 Å². The highest BCUT2D eigenvalue weighted by Gasteiger charge is 2.12. The van der Waals surface area contributed by atoms with E-state index in [9.17, 15) is 14.4 Å². The van der Waals surface area contributed by atoms with Crippen molar-refractivity contribution in [3.63, 3.8) is 0 Å². The molecule has 0 unspecified atom stereocenters. The molecule has 4 aromatic rings. The fourth-order valence-corrected chi connectivity index (χ4v) is 3.33. The Hall–Kier alpha value is -4.01. The third kappa shape index (κ3) is 3.41. The summed E-state index contributed by atoms with van der Waals surface area (Å²) in [6.07, 6.45) is 1.35. The topological polar surface area (TPSA) is 111 Å². The van der Waals surface area contributed by atoms with E-state index in [1.165, 1.54) is 15.5 Å². The highest BCUT2D eigenvalue weighted by Crippen LogP contribution is 2.12. The lowest BCUT2D eigenvalue weighted by molar-refractivity contribution is -0.121. The van der Waals surface area contributed by atoms with Crippen LogP contribution in [0.25, 0.3) is 21.8 Å². The molecule has 1 amide bonds. The van der Waals surface area contributed by atoms with E-state index in [4.69, 9.17) is 0 Å². The molecular formula is C21H20N6O3. The number of aromatic nitrogens is 4. The highest BCUT2D eigenvalue weighted by atomic mass is 16.2. The molecule has 2 aromatic heterocycles. The van der Waals surface area contributed by atoms with Gasteiger partial charge in [-0.3, -0.25) is 34.4 Å². The predicted octanol–water partition coefficient (Wildman–Crippen LogP) is 1.58. The summed E-state index contributed by atoms with van der Waals surface area (Å²) in [6.45, 7) is 3.83. The van der Waals surface area contributed by atoms with E-state index in [1.807, 2.05) is 19.9 Å². The Morgan fingerprint density at radius 3 is 2.60 bits per heavy atom. The SMILES string of the molecule is CCn1c(NNC(=O)Cn2cnc3c(C)cccc3c2=O)nc2ccccc2c1=O. The average Bonchev–Trinajstić information content (AvgIpc) is 2.75. The first kappa shape index (κ1) is 19.3. The van der Waals surface area contributed by atoms with Crippen LogP contribution in [0.2, 0.25) is 0 Å². The van der Waals surface area contributed by atoms with Crippen molar-refractivity contribution in [1.82, 2.24) is 24.5 Å². The van der Waals surface area contributed by atoms with Gasteiger partial charge in [-0.15, -0.1) is 0 Å². The van der Waals surface area contributed by atoms with E-state index in [2.05, 4.69) is 20.8 Å². The molecule has 0 aliphatic rings. The molecule has 4 rings (SSSR count). The number of hydrogen-bond acceptors (Lipinski definition) is 6. The van der Waals surface area contributed by atoms with Crippen LogP contribution in [-0.2, 0) is 17.9 Å². The van der Waals surface area contributed by atoms with Crippen molar-refractivity contribution in [3.8, 4) is 0 Å². The number of carbonyl (C=O) groups is 1. The van der Waals surface area contributed by atoms with Crippen molar-refractivity contribution in [2.75, 3.05) is 5.43 Å². The van der Waals surface area contributed by atoms with Gasteiger partial charge in [0.1, 0.15) is 6.54 Å². The molecule has 0 bridgehead atoms. The largest absolute Gasteiger partial charge is 0.289 e. The molecule has 0 saturated carbocycles. The van der Waals surface area contributed by atoms with Crippen molar-refractivity contribution >= 4 is 33.7 Å². The molecule has 2 aromatic carbocycles. The molecule has 0 spiro atoms. The predicted molar refractivity (Wildman–Crippen MR) is 114 cm³/mol. The summed E-state index contributed by atoms with van der Waals surface area (Å²) in [6, 6.07) is 12.3. The van der Waals surface area contributed by atoms with Crippen LogP contribution in [-0.4, -0.2) is 25.0 Å². The van der Waals surface area contributed by atoms with E-state index in [0.29, 0.717) is 28.4 Å². The quantitative estimate of drug-likeness (QED) is 0.489. The number of nitrogens with one attached hydrogen (secondary N) is 2. The van der Waals surface area contributed by atoms with Crippen molar-refractivity contribution in [2.24, 2.45) is 0 Å². The summed E-state index contributed by atoms with van der Waals surface area (Å²) in [7, 11) is 0. The van der Waals surface area contributed by atoms with Gasteiger partial charge in [-0.05, 0) is 37.6 Å². The lowest BCUT2D eigenvalue weighted by Crippen LogP contribution is -2.38. The van der Waals surface area contributed by atoms with Crippen LogP contribution >= 0.6 is 0 Å². The number of aryl methyl sites for hydroxylation is 1. The maximum Gasteiger partial charge on any atom is 0.262 e. The van der Waals surface area contributed by atoms with Crippen LogP contribution in [0.5, 0.6) is 0 Å². The normalized spacial score (nSPS) is 11.0. The zero-order valence-corrected chi connectivity index (χ0v) is 16.5. The van der Waals surface area contributed by atoms with E-state index < -0.39 is 5.91 Å². The molecule has 0 fully saturated rings. The maximum absolute atomic E-state index is 12.6. The Kier molecular flexibility index (Phi) is 5.01. The lowest BCUT2D eigenvalue weighted by atomic mass is 10.1.